The molecular weight excluding hydrogens is 300 g/mol. The molecule has 1 rings (SSSR count). The van der Waals surface area contributed by atoms with Crippen molar-refractivity contribution in [2.24, 2.45) is 0 Å². The lowest BCUT2D eigenvalue weighted by Crippen LogP contribution is -2.28. The van der Waals surface area contributed by atoms with Crippen molar-refractivity contribution in [2.75, 3.05) is 18.9 Å². The van der Waals surface area contributed by atoms with Gasteiger partial charge in [-0.25, -0.2) is 0 Å². The monoisotopic (exact) mass is 314 g/mol. The summed E-state index contributed by atoms with van der Waals surface area (Å²) < 4.78 is 0. The molecule has 18 heavy (non-hydrogen) atoms. The second kappa shape index (κ2) is 6.49. The van der Waals surface area contributed by atoms with E-state index in [0.29, 0.717) is 17.7 Å². The maximum absolute atomic E-state index is 12.0. The Morgan fingerprint density at radius 1 is 1.50 bits per heavy atom. The van der Waals surface area contributed by atoms with Gasteiger partial charge in [-0.05, 0) is 25.5 Å². The molecule has 0 saturated carbocycles. The molecule has 0 aliphatic carbocycles. The zero-order valence-corrected chi connectivity index (χ0v) is 11.9. The highest BCUT2D eigenvalue weighted by Crippen LogP contribution is 2.19. The van der Waals surface area contributed by atoms with Gasteiger partial charge in [-0.1, -0.05) is 15.9 Å². The van der Waals surface area contributed by atoms with Crippen LogP contribution in [0.5, 0.6) is 0 Å². The average Bonchev–Trinajstić information content (AvgIpc) is 2.34. The van der Waals surface area contributed by atoms with Gasteiger partial charge in [0.15, 0.2) is 0 Å². The number of halogens is 1. The third kappa shape index (κ3) is 3.53. The van der Waals surface area contributed by atoms with E-state index in [2.05, 4.69) is 15.9 Å². The van der Waals surface area contributed by atoms with Crippen LogP contribution in [0, 0.1) is 17.0 Å². The zero-order chi connectivity index (χ0) is 13.7. The van der Waals surface area contributed by atoms with Gasteiger partial charge in [-0.15, -0.1) is 0 Å². The Bertz CT molecular complexity index is 463. The Hall–Kier alpha value is -1.43. The zero-order valence-electron chi connectivity index (χ0n) is 10.4. The molecule has 0 atom stereocenters. The molecule has 0 N–H and O–H groups in total. The van der Waals surface area contributed by atoms with Crippen molar-refractivity contribution < 1.29 is 9.72 Å². The van der Waals surface area contributed by atoms with Crippen molar-refractivity contribution in [1.29, 1.82) is 0 Å². The number of carbonyl (C=O) groups is 1. The van der Waals surface area contributed by atoms with Gasteiger partial charge < -0.3 is 4.90 Å². The molecule has 5 nitrogen and oxygen atoms in total. The van der Waals surface area contributed by atoms with Gasteiger partial charge in [0.25, 0.3) is 11.6 Å². The second-order valence-corrected chi connectivity index (χ2v) is 4.82. The van der Waals surface area contributed by atoms with Gasteiger partial charge in [0.1, 0.15) is 0 Å². The number of aryl methyl sites for hydroxylation is 1. The first-order valence-electron chi connectivity index (χ1n) is 5.54. The highest BCUT2D eigenvalue weighted by molar-refractivity contribution is 9.09. The maximum Gasteiger partial charge on any atom is 0.272 e. The summed E-state index contributed by atoms with van der Waals surface area (Å²) >= 11 is 3.31. The topological polar surface area (TPSA) is 63.5 Å². The Balaban J connectivity index is 2.87. The minimum atomic E-state index is -0.446. The molecule has 0 aromatic heterocycles. The molecule has 0 aliphatic heterocycles. The van der Waals surface area contributed by atoms with Crippen molar-refractivity contribution in [1.82, 2.24) is 4.90 Å². The van der Waals surface area contributed by atoms with Gasteiger partial charge in [-0.3, -0.25) is 14.9 Å². The summed E-state index contributed by atoms with van der Waals surface area (Å²) in [7, 11) is 1.72. The number of benzene rings is 1. The molecule has 98 valence electrons. The summed E-state index contributed by atoms with van der Waals surface area (Å²) in [5, 5.41) is 11.5. The third-order valence-electron chi connectivity index (χ3n) is 2.61. The fraction of sp³-hybridized carbons (Fsp3) is 0.417. The Kier molecular flexibility index (Phi) is 5.27. The molecule has 0 heterocycles. The minimum absolute atomic E-state index is 0.0367. The van der Waals surface area contributed by atoms with E-state index in [-0.39, 0.29) is 11.6 Å². The van der Waals surface area contributed by atoms with E-state index in [4.69, 9.17) is 0 Å². The van der Waals surface area contributed by atoms with Crippen molar-refractivity contribution in [3.63, 3.8) is 0 Å². The summed E-state index contributed by atoms with van der Waals surface area (Å²) in [5.41, 5.74) is 1.02. The molecule has 1 aromatic carbocycles. The molecule has 1 amide bonds. The number of amides is 1. The fourth-order valence-electron chi connectivity index (χ4n) is 1.61. The Morgan fingerprint density at radius 2 is 2.17 bits per heavy atom. The predicted molar refractivity (Wildman–Crippen MR) is 73.2 cm³/mol. The van der Waals surface area contributed by atoms with E-state index >= 15 is 0 Å². The van der Waals surface area contributed by atoms with Gasteiger partial charge in [-0.2, -0.15) is 0 Å². The largest absolute Gasteiger partial charge is 0.342 e. The number of nitro groups is 1. The summed E-state index contributed by atoms with van der Waals surface area (Å²) in [6.45, 7) is 2.29. The van der Waals surface area contributed by atoms with Crippen LogP contribution < -0.4 is 0 Å². The van der Waals surface area contributed by atoms with E-state index < -0.39 is 4.92 Å². The first-order chi connectivity index (χ1) is 8.47. The quantitative estimate of drug-likeness (QED) is 0.477. The molecular formula is C12H15BrN2O3. The average molecular weight is 315 g/mol. The number of nitro benzene ring substituents is 1. The highest BCUT2D eigenvalue weighted by Gasteiger charge is 2.16. The molecule has 1 aromatic rings. The van der Waals surface area contributed by atoms with Crippen molar-refractivity contribution in [3.8, 4) is 0 Å². The number of alkyl halides is 1. The Labute approximate surface area is 114 Å². The first kappa shape index (κ1) is 14.6. The first-order valence-corrected chi connectivity index (χ1v) is 6.66. The molecule has 0 saturated heterocycles. The van der Waals surface area contributed by atoms with E-state index in [1.54, 1.807) is 24.9 Å². The van der Waals surface area contributed by atoms with Gasteiger partial charge in [0.2, 0.25) is 0 Å². The predicted octanol–water partition coefficient (Wildman–Crippen LogP) is 2.76. The fourth-order valence-corrected chi connectivity index (χ4v) is 1.86. The van der Waals surface area contributed by atoms with Gasteiger partial charge in [0, 0.05) is 36.1 Å². The van der Waals surface area contributed by atoms with Crippen LogP contribution in [0.4, 0.5) is 5.69 Å². The number of hydrogen-bond donors (Lipinski definition) is 0. The number of rotatable bonds is 5. The van der Waals surface area contributed by atoms with Crippen LogP contribution >= 0.6 is 15.9 Å². The molecule has 0 unspecified atom stereocenters. The minimum Gasteiger partial charge on any atom is -0.342 e. The maximum atomic E-state index is 12.0. The molecule has 0 aliphatic rings. The third-order valence-corrected chi connectivity index (χ3v) is 3.18. The van der Waals surface area contributed by atoms with Crippen LogP contribution in [-0.2, 0) is 0 Å². The molecule has 6 heteroatoms. The summed E-state index contributed by atoms with van der Waals surface area (Å²) in [6.07, 6.45) is 0.869. The summed E-state index contributed by atoms with van der Waals surface area (Å²) in [4.78, 5) is 23.9. The number of carbonyl (C=O) groups excluding carboxylic acids is 1. The van der Waals surface area contributed by atoms with Crippen LogP contribution in [0.1, 0.15) is 22.3 Å². The molecule has 0 bridgehead atoms. The smallest absolute Gasteiger partial charge is 0.272 e. The van der Waals surface area contributed by atoms with Crippen LogP contribution in [0.3, 0.4) is 0 Å². The molecule has 0 radical (unpaired) electrons. The second-order valence-electron chi connectivity index (χ2n) is 4.03. The van der Waals surface area contributed by atoms with Crippen molar-refractivity contribution in [3.05, 3.63) is 39.4 Å². The van der Waals surface area contributed by atoms with E-state index in [9.17, 15) is 14.9 Å². The lowest BCUT2D eigenvalue weighted by atomic mass is 10.1. The number of nitrogens with zero attached hydrogens (tertiary/aromatic N) is 2. The van der Waals surface area contributed by atoms with Crippen LogP contribution in [0.25, 0.3) is 0 Å². The van der Waals surface area contributed by atoms with E-state index in [1.807, 2.05) is 0 Å². The van der Waals surface area contributed by atoms with Gasteiger partial charge >= 0.3 is 0 Å². The van der Waals surface area contributed by atoms with E-state index in [0.717, 1.165) is 11.8 Å². The summed E-state index contributed by atoms with van der Waals surface area (Å²) in [6, 6.07) is 4.43. The standard InChI is InChI=1S/C12H15BrN2O3/c1-9-8-10(4-5-11(9)15(17)18)12(16)14(2)7-3-6-13/h4-5,8H,3,6-7H2,1-2H3. The Morgan fingerprint density at radius 3 is 2.67 bits per heavy atom. The summed E-state index contributed by atoms with van der Waals surface area (Å²) in [5.74, 6) is -0.117. The highest BCUT2D eigenvalue weighted by atomic mass is 79.9. The van der Waals surface area contributed by atoms with Crippen LogP contribution in [-0.4, -0.2) is 34.7 Å². The SMILES string of the molecule is Cc1cc(C(=O)N(C)CCCBr)ccc1[N+](=O)[O-]. The normalized spacial score (nSPS) is 10.2. The molecule has 0 spiro atoms. The molecule has 0 fully saturated rings. The van der Waals surface area contributed by atoms with Crippen molar-refractivity contribution in [2.45, 2.75) is 13.3 Å². The van der Waals surface area contributed by atoms with E-state index in [1.165, 1.54) is 12.1 Å². The van der Waals surface area contributed by atoms with Crippen LogP contribution in [0.2, 0.25) is 0 Å². The van der Waals surface area contributed by atoms with Crippen LogP contribution in [0.15, 0.2) is 18.2 Å². The van der Waals surface area contributed by atoms with Crippen molar-refractivity contribution >= 4 is 27.5 Å². The number of hydrogen-bond acceptors (Lipinski definition) is 3. The lowest BCUT2D eigenvalue weighted by Gasteiger charge is -2.16. The van der Waals surface area contributed by atoms with Gasteiger partial charge in [0.05, 0.1) is 4.92 Å². The lowest BCUT2D eigenvalue weighted by molar-refractivity contribution is -0.385.